The van der Waals surface area contributed by atoms with Crippen LogP contribution in [0.25, 0.3) is 0 Å². The van der Waals surface area contributed by atoms with Crippen molar-refractivity contribution in [3.8, 4) is 0 Å². The van der Waals surface area contributed by atoms with Gasteiger partial charge < -0.3 is 9.32 Å². The van der Waals surface area contributed by atoms with Gasteiger partial charge in [0.1, 0.15) is 11.6 Å². The number of aromatic nitrogens is 3. The van der Waals surface area contributed by atoms with E-state index in [0.29, 0.717) is 24.3 Å². The molecule has 0 radical (unpaired) electrons. The van der Waals surface area contributed by atoms with Gasteiger partial charge in [-0.05, 0) is 50.2 Å². The molecule has 3 heterocycles. The Bertz CT molecular complexity index is 774. The molecule has 1 amide bonds. The van der Waals surface area contributed by atoms with Crippen LogP contribution < -0.4 is 0 Å². The largest absolute Gasteiger partial charge is 0.467 e. The van der Waals surface area contributed by atoms with E-state index in [4.69, 9.17) is 4.42 Å². The number of furan rings is 1. The molecule has 2 aromatic rings. The fourth-order valence-corrected chi connectivity index (χ4v) is 4.99. The molecule has 6 nitrogen and oxygen atoms in total. The van der Waals surface area contributed by atoms with E-state index in [1.165, 1.54) is 31.0 Å². The van der Waals surface area contributed by atoms with Gasteiger partial charge in [-0.1, -0.05) is 25.6 Å². The maximum Gasteiger partial charge on any atom is 0.235 e. The van der Waals surface area contributed by atoms with Crippen molar-refractivity contribution in [3.63, 3.8) is 0 Å². The van der Waals surface area contributed by atoms with Crippen molar-refractivity contribution in [3.05, 3.63) is 30.0 Å². The average molecular weight is 389 g/mol. The molecule has 2 fully saturated rings. The fourth-order valence-electron chi connectivity index (χ4n) is 4.05. The van der Waals surface area contributed by atoms with Gasteiger partial charge in [0.25, 0.3) is 0 Å². The lowest BCUT2D eigenvalue weighted by atomic mass is 9.92. The topological polar surface area (TPSA) is 64.2 Å². The Morgan fingerprint density at radius 3 is 2.67 bits per heavy atom. The van der Waals surface area contributed by atoms with Crippen molar-refractivity contribution in [1.29, 1.82) is 0 Å². The maximum atomic E-state index is 13.0. The first-order chi connectivity index (χ1) is 13.0. The molecule has 146 valence electrons. The summed E-state index contributed by atoms with van der Waals surface area (Å²) in [6.45, 7) is 8.79. The summed E-state index contributed by atoms with van der Waals surface area (Å²) < 4.78 is 7.66. The first-order valence-corrected chi connectivity index (χ1v) is 10.8. The van der Waals surface area contributed by atoms with Gasteiger partial charge in [-0.3, -0.25) is 9.36 Å². The van der Waals surface area contributed by atoms with Crippen LogP contribution in [0.3, 0.4) is 0 Å². The number of thioether (sulfide) groups is 1. The van der Waals surface area contributed by atoms with Gasteiger partial charge in [0.2, 0.25) is 5.91 Å². The minimum atomic E-state index is -0.172. The monoisotopic (exact) mass is 388 g/mol. The molecule has 7 heteroatoms. The Balaban J connectivity index is 1.49. The predicted octanol–water partition coefficient (Wildman–Crippen LogP) is 3.78. The van der Waals surface area contributed by atoms with Crippen LogP contribution in [0.5, 0.6) is 0 Å². The molecular weight excluding hydrogens is 360 g/mol. The molecule has 0 spiro atoms. The van der Waals surface area contributed by atoms with E-state index >= 15 is 0 Å². The zero-order valence-corrected chi connectivity index (χ0v) is 17.1. The summed E-state index contributed by atoms with van der Waals surface area (Å²) in [6, 6.07) is 3.87. The summed E-state index contributed by atoms with van der Waals surface area (Å²) in [5.41, 5.74) is 0. The third-order valence-electron chi connectivity index (χ3n) is 5.39. The van der Waals surface area contributed by atoms with Crippen molar-refractivity contribution >= 4 is 17.7 Å². The second kappa shape index (κ2) is 7.70. The van der Waals surface area contributed by atoms with Crippen LogP contribution in [0.1, 0.15) is 57.5 Å². The highest BCUT2D eigenvalue weighted by molar-refractivity contribution is 8.00. The van der Waals surface area contributed by atoms with Gasteiger partial charge in [0, 0.05) is 19.0 Å². The fraction of sp³-hybridized carbons (Fsp3) is 0.650. The number of carbonyl (C=O) groups excluding carboxylic acids is 1. The first-order valence-electron chi connectivity index (χ1n) is 9.92. The van der Waals surface area contributed by atoms with E-state index in [9.17, 15) is 4.79 Å². The number of amides is 1. The predicted molar refractivity (Wildman–Crippen MR) is 105 cm³/mol. The summed E-state index contributed by atoms with van der Waals surface area (Å²) in [7, 11) is 0. The summed E-state index contributed by atoms with van der Waals surface area (Å²) in [5.74, 6) is 3.75. The number of rotatable bonds is 6. The van der Waals surface area contributed by atoms with Crippen LogP contribution >= 0.6 is 11.8 Å². The smallest absolute Gasteiger partial charge is 0.235 e. The highest BCUT2D eigenvalue weighted by Gasteiger charge is 2.33. The normalized spacial score (nSPS) is 24.2. The molecule has 2 aromatic heterocycles. The second-order valence-corrected chi connectivity index (χ2v) is 9.54. The molecule has 0 bridgehead atoms. The van der Waals surface area contributed by atoms with Crippen molar-refractivity contribution in [1.82, 2.24) is 19.7 Å². The van der Waals surface area contributed by atoms with Gasteiger partial charge in [0.05, 0.1) is 18.1 Å². The van der Waals surface area contributed by atoms with Crippen LogP contribution in [0.2, 0.25) is 0 Å². The number of hydrogen-bond acceptors (Lipinski definition) is 5. The van der Waals surface area contributed by atoms with Gasteiger partial charge in [-0.2, -0.15) is 0 Å². The van der Waals surface area contributed by atoms with Crippen LogP contribution in [-0.2, 0) is 11.3 Å². The van der Waals surface area contributed by atoms with Crippen LogP contribution in [0.15, 0.2) is 28.0 Å². The molecule has 3 atom stereocenters. The van der Waals surface area contributed by atoms with E-state index < -0.39 is 0 Å². The van der Waals surface area contributed by atoms with Gasteiger partial charge in [0.15, 0.2) is 5.16 Å². The van der Waals surface area contributed by atoms with Crippen LogP contribution in [0.4, 0.5) is 0 Å². The quantitative estimate of drug-likeness (QED) is 0.705. The average Bonchev–Trinajstić information content (AvgIpc) is 3.20. The van der Waals surface area contributed by atoms with E-state index in [-0.39, 0.29) is 11.2 Å². The highest BCUT2D eigenvalue weighted by Crippen LogP contribution is 2.40. The molecule has 1 saturated heterocycles. The van der Waals surface area contributed by atoms with Crippen LogP contribution in [-0.4, -0.2) is 43.9 Å². The standard InChI is InChI=1S/C20H28N4O2S/c1-13-9-14(2)11-23(10-13)19(25)15(3)27-20-22-21-18(16-6-7-16)24(20)12-17-5-4-8-26-17/h4-5,8,13-16H,6-7,9-12H2,1-3H3. The van der Waals surface area contributed by atoms with Gasteiger partial charge in [-0.25, -0.2) is 0 Å². The van der Waals surface area contributed by atoms with E-state index in [0.717, 1.165) is 29.8 Å². The van der Waals surface area contributed by atoms with Crippen LogP contribution in [0, 0.1) is 11.8 Å². The van der Waals surface area contributed by atoms with Crippen molar-refractivity contribution in [2.75, 3.05) is 13.1 Å². The molecule has 4 rings (SSSR count). The van der Waals surface area contributed by atoms with E-state index in [2.05, 4.69) is 28.6 Å². The molecule has 0 aromatic carbocycles. The van der Waals surface area contributed by atoms with E-state index in [1.54, 1.807) is 6.26 Å². The lowest BCUT2D eigenvalue weighted by molar-refractivity contribution is -0.132. The molecule has 1 aliphatic carbocycles. The summed E-state index contributed by atoms with van der Waals surface area (Å²) >= 11 is 1.52. The summed E-state index contributed by atoms with van der Waals surface area (Å²) in [6.07, 6.45) is 5.22. The van der Waals surface area contributed by atoms with Crippen molar-refractivity contribution < 1.29 is 9.21 Å². The first kappa shape index (κ1) is 18.6. The van der Waals surface area contributed by atoms with E-state index in [1.807, 2.05) is 24.0 Å². The molecule has 3 unspecified atom stereocenters. The SMILES string of the molecule is CC1CC(C)CN(C(=O)C(C)Sc2nnc(C3CC3)n2Cc2ccco2)C1. The zero-order valence-electron chi connectivity index (χ0n) is 16.3. The number of likely N-dealkylation sites (tertiary alicyclic amines) is 1. The molecule has 27 heavy (non-hydrogen) atoms. The Hall–Kier alpha value is -1.76. The Labute approximate surface area is 164 Å². The molecule has 1 saturated carbocycles. The van der Waals surface area contributed by atoms with Gasteiger partial charge >= 0.3 is 0 Å². The molecule has 2 aliphatic rings. The summed E-state index contributed by atoms with van der Waals surface area (Å²) in [4.78, 5) is 15.0. The maximum absolute atomic E-state index is 13.0. The summed E-state index contributed by atoms with van der Waals surface area (Å²) in [5, 5.41) is 9.49. The zero-order chi connectivity index (χ0) is 19.0. The van der Waals surface area contributed by atoms with Crippen molar-refractivity contribution in [2.45, 2.75) is 62.9 Å². The third-order valence-corrected chi connectivity index (χ3v) is 6.46. The lowest BCUT2D eigenvalue weighted by Gasteiger charge is -2.36. The number of nitrogens with zero attached hydrogens (tertiary/aromatic N) is 4. The number of piperidine rings is 1. The Morgan fingerprint density at radius 1 is 1.30 bits per heavy atom. The highest BCUT2D eigenvalue weighted by atomic mass is 32.2. The molecule has 1 aliphatic heterocycles. The second-order valence-electron chi connectivity index (χ2n) is 8.23. The minimum Gasteiger partial charge on any atom is -0.467 e. The van der Waals surface area contributed by atoms with Gasteiger partial charge in [-0.15, -0.1) is 10.2 Å². The Morgan fingerprint density at radius 2 is 2.04 bits per heavy atom. The lowest BCUT2D eigenvalue weighted by Crippen LogP contribution is -2.45. The Kier molecular flexibility index (Phi) is 5.30. The number of carbonyl (C=O) groups is 1. The number of hydrogen-bond donors (Lipinski definition) is 0. The molecule has 0 N–H and O–H groups in total. The van der Waals surface area contributed by atoms with Crippen molar-refractivity contribution in [2.24, 2.45) is 11.8 Å². The minimum absolute atomic E-state index is 0.172. The molecular formula is C20H28N4O2S. The third kappa shape index (κ3) is 4.23.